The molecule has 1 aromatic carbocycles. The Bertz CT molecular complexity index is 461. The highest BCUT2D eigenvalue weighted by molar-refractivity contribution is 5.27. The number of rotatable bonds is 2. The van der Waals surface area contributed by atoms with Gasteiger partial charge >= 0.3 is 0 Å². The molecule has 96 valence electrons. The number of hydrogen-bond acceptors (Lipinski definition) is 2. The quantitative estimate of drug-likeness (QED) is 0.809. The first-order chi connectivity index (χ1) is 8.61. The van der Waals surface area contributed by atoms with Crippen LogP contribution in [0.2, 0.25) is 0 Å². The van der Waals surface area contributed by atoms with E-state index in [0.29, 0.717) is 25.0 Å². The van der Waals surface area contributed by atoms with Crippen LogP contribution < -0.4 is 4.74 Å². The molecule has 2 nitrogen and oxygen atoms in total. The normalized spacial score (nSPS) is 23.4. The minimum absolute atomic E-state index is 0.373. The van der Waals surface area contributed by atoms with Crippen LogP contribution in [0.15, 0.2) is 12.1 Å². The van der Waals surface area contributed by atoms with Gasteiger partial charge in [0.1, 0.15) is 11.9 Å². The van der Waals surface area contributed by atoms with Gasteiger partial charge < -0.3 is 4.74 Å². The Kier molecular flexibility index (Phi) is 3.75. The molecule has 0 bridgehead atoms. The topological polar surface area (TPSA) is 33.0 Å². The molecule has 0 aliphatic heterocycles. The molecule has 2 atom stereocenters. The first-order valence-electron chi connectivity index (χ1n) is 5.82. The Balaban J connectivity index is 2.21. The van der Waals surface area contributed by atoms with Gasteiger partial charge in [0.25, 0.3) is 0 Å². The average molecular weight is 255 g/mol. The Morgan fingerprint density at radius 1 is 1.11 bits per heavy atom. The van der Waals surface area contributed by atoms with E-state index in [-0.39, 0.29) is 5.92 Å². The number of hydrogen-bond donors (Lipinski definition) is 0. The maximum atomic E-state index is 13.4. The van der Waals surface area contributed by atoms with Gasteiger partial charge in [-0.3, -0.25) is 0 Å². The van der Waals surface area contributed by atoms with Gasteiger partial charge in [0.05, 0.1) is 12.0 Å². The van der Waals surface area contributed by atoms with Crippen molar-refractivity contribution in [3.05, 3.63) is 29.6 Å². The molecule has 5 heteroatoms. The summed E-state index contributed by atoms with van der Waals surface area (Å²) in [4.78, 5) is 0. The van der Waals surface area contributed by atoms with Crippen LogP contribution in [0.5, 0.6) is 5.75 Å². The smallest absolute Gasteiger partial charge is 0.191 e. The largest absolute Gasteiger partial charge is 0.483 e. The van der Waals surface area contributed by atoms with Crippen molar-refractivity contribution in [1.29, 1.82) is 5.26 Å². The fourth-order valence-electron chi connectivity index (χ4n) is 2.18. The molecule has 0 spiro atoms. The maximum absolute atomic E-state index is 13.4. The molecular formula is C13H12F3NO. The van der Waals surface area contributed by atoms with E-state index in [1.807, 2.05) is 0 Å². The number of ether oxygens (including phenoxy) is 1. The molecule has 0 heterocycles. The summed E-state index contributed by atoms with van der Waals surface area (Å²) in [6.07, 6.45) is 2.47. The Labute approximate surface area is 103 Å². The predicted octanol–water partition coefficient (Wildman–Crippen LogP) is 3.57. The van der Waals surface area contributed by atoms with Crippen LogP contribution in [-0.2, 0) is 0 Å². The van der Waals surface area contributed by atoms with Gasteiger partial charge in [-0.25, -0.2) is 13.2 Å². The third-order valence-electron chi connectivity index (χ3n) is 3.10. The van der Waals surface area contributed by atoms with Gasteiger partial charge in [0.15, 0.2) is 17.4 Å². The van der Waals surface area contributed by atoms with Gasteiger partial charge in [0, 0.05) is 12.1 Å². The van der Waals surface area contributed by atoms with Crippen LogP contribution in [-0.4, -0.2) is 6.10 Å². The molecule has 18 heavy (non-hydrogen) atoms. The van der Waals surface area contributed by atoms with Crippen molar-refractivity contribution in [2.75, 3.05) is 0 Å². The highest BCUT2D eigenvalue weighted by Gasteiger charge is 2.28. The molecule has 1 aliphatic carbocycles. The van der Waals surface area contributed by atoms with Crippen LogP contribution in [0.4, 0.5) is 13.2 Å². The third-order valence-corrected chi connectivity index (χ3v) is 3.10. The summed E-state index contributed by atoms with van der Waals surface area (Å²) in [5.74, 6) is -4.10. The first kappa shape index (κ1) is 12.7. The zero-order chi connectivity index (χ0) is 13.1. The summed E-state index contributed by atoms with van der Waals surface area (Å²) in [6, 6.07) is 3.22. The molecule has 1 fully saturated rings. The standard InChI is InChI=1S/C13H12F3NO/c14-9-5-10(15)13(11(16)6-9)18-12-4-2-1-3-8(12)7-17/h5-6,8,12H,1-4H2. The molecule has 1 aromatic rings. The molecular weight excluding hydrogens is 243 g/mol. The lowest BCUT2D eigenvalue weighted by Crippen LogP contribution is -2.30. The minimum atomic E-state index is -1.07. The van der Waals surface area contributed by atoms with E-state index in [1.54, 1.807) is 0 Å². The monoisotopic (exact) mass is 255 g/mol. The molecule has 0 radical (unpaired) electrons. The summed E-state index contributed by atoms with van der Waals surface area (Å²) in [7, 11) is 0. The van der Waals surface area contributed by atoms with Gasteiger partial charge in [-0.2, -0.15) is 5.26 Å². The van der Waals surface area contributed by atoms with Crippen molar-refractivity contribution in [3.63, 3.8) is 0 Å². The van der Waals surface area contributed by atoms with E-state index in [1.165, 1.54) is 0 Å². The van der Waals surface area contributed by atoms with Crippen LogP contribution in [0.3, 0.4) is 0 Å². The summed E-state index contributed by atoms with van der Waals surface area (Å²) in [6.45, 7) is 0. The second kappa shape index (κ2) is 5.30. The molecule has 1 saturated carbocycles. The average Bonchev–Trinajstić information content (AvgIpc) is 2.34. The summed E-state index contributed by atoms with van der Waals surface area (Å²) >= 11 is 0. The van der Waals surface area contributed by atoms with Gasteiger partial charge in [-0.15, -0.1) is 0 Å². The van der Waals surface area contributed by atoms with Gasteiger partial charge in [-0.1, -0.05) is 6.42 Å². The van der Waals surface area contributed by atoms with Crippen molar-refractivity contribution in [1.82, 2.24) is 0 Å². The zero-order valence-electron chi connectivity index (χ0n) is 9.63. The van der Waals surface area contributed by atoms with Crippen molar-refractivity contribution >= 4 is 0 Å². The molecule has 1 aliphatic rings. The second-order valence-electron chi connectivity index (χ2n) is 4.37. The minimum Gasteiger partial charge on any atom is -0.483 e. The van der Waals surface area contributed by atoms with Crippen LogP contribution in [0, 0.1) is 34.7 Å². The Morgan fingerprint density at radius 2 is 1.72 bits per heavy atom. The molecule has 0 N–H and O–H groups in total. The summed E-state index contributed by atoms with van der Waals surface area (Å²) in [5, 5.41) is 8.94. The van der Waals surface area contributed by atoms with E-state index in [2.05, 4.69) is 6.07 Å². The van der Waals surface area contributed by atoms with Gasteiger partial charge in [-0.05, 0) is 19.3 Å². The number of nitrogens with zero attached hydrogens (tertiary/aromatic N) is 1. The molecule has 0 saturated heterocycles. The molecule has 2 unspecified atom stereocenters. The van der Waals surface area contributed by atoms with E-state index in [9.17, 15) is 13.2 Å². The van der Waals surface area contributed by atoms with Crippen LogP contribution >= 0.6 is 0 Å². The highest BCUT2D eigenvalue weighted by atomic mass is 19.1. The second-order valence-corrected chi connectivity index (χ2v) is 4.37. The highest BCUT2D eigenvalue weighted by Crippen LogP contribution is 2.31. The Hall–Kier alpha value is -1.70. The van der Waals surface area contributed by atoms with E-state index >= 15 is 0 Å². The zero-order valence-corrected chi connectivity index (χ0v) is 9.63. The van der Waals surface area contributed by atoms with Crippen LogP contribution in [0.25, 0.3) is 0 Å². The van der Waals surface area contributed by atoms with Crippen molar-refractivity contribution in [3.8, 4) is 11.8 Å². The van der Waals surface area contributed by atoms with E-state index in [4.69, 9.17) is 10.00 Å². The fraction of sp³-hybridized carbons (Fsp3) is 0.462. The van der Waals surface area contributed by atoms with E-state index in [0.717, 1.165) is 12.8 Å². The number of benzene rings is 1. The maximum Gasteiger partial charge on any atom is 0.191 e. The van der Waals surface area contributed by atoms with Crippen molar-refractivity contribution in [2.45, 2.75) is 31.8 Å². The number of nitriles is 1. The molecule has 0 aromatic heterocycles. The van der Waals surface area contributed by atoms with Crippen LogP contribution in [0.1, 0.15) is 25.7 Å². The molecule has 2 rings (SSSR count). The first-order valence-corrected chi connectivity index (χ1v) is 5.82. The molecule has 0 amide bonds. The van der Waals surface area contributed by atoms with E-state index < -0.39 is 29.3 Å². The van der Waals surface area contributed by atoms with Crippen molar-refractivity contribution < 1.29 is 17.9 Å². The lowest BCUT2D eigenvalue weighted by Gasteiger charge is -2.27. The van der Waals surface area contributed by atoms with Crippen molar-refractivity contribution in [2.24, 2.45) is 5.92 Å². The summed E-state index contributed by atoms with van der Waals surface area (Å²) in [5.41, 5.74) is 0. The summed E-state index contributed by atoms with van der Waals surface area (Å²) < 4.78 is 44.8. The lowest BCUT2D eigenvalue weighted by atomic mass is 9.87. The fourth-order valence-corrected chi connectivity index (χ4v) is 2.18. The number of halogens is 3. The lowest BCUT2D eigenvalue weighted by molar-refractivity contribution is 0.109. The Morgan fingerprint density at radius 3 is 2.33 bits per heavy atom. The predicted molar refractivity (Wildman–Crippen MR) is 58.3 cm³/mol. The third kappa shape index (κ3) is 2.58. The SMILES string of the molecule is N#CC1CCCCC1Oc1c(F)cc(F)cc1F. The van der Waals surface area contributed by atoms with Gasteiger partial charge in [0.2, 0.25) is 0 Å².